The molecule has 0 radical (unpaired) electrons. The summed E-state index contributed by atoms with van der Waals surface area (Å²) in [6, 6.07) is 11.9. The van der Waals surface area contributed by atoms with Gasteiger partial charge in [0.25, 0.3) is 5.69 Å². The van der Waals surface area contributed by atoms with Crippen LogP contribution in [0.15, 0.2) is 48.5 Å². The molecule has 2 aromatic carbocycles. The summed E-state index contributed by atoms with van der Waals surface area (Å²) in [6.07, 6.45) is 3.61. The van der Waals surface area contributed by atoms with Gasteiger partial charge < -0.3 is 4.74 Å². The van der Waals surface area contributed by atoms with Gasteiger partial charge in [-0.1, -0.05) is 17.4 Å². The van der Waals surface area contributed by atoms with Crippen LogP contribution < -0.4 is 4.74 Å². The Kier molecular flexibility index (Phi) is 4.77. The fraction of sp³-hybridized carbons (Fsp3) is 0.0556. The van der Waals surface area contributed by atoms with E-state index in [1.54, 1.807) is 22.7 Å². The number of nitro benzene ring substituents is 1. The summed E-state index contributed by atoms with van der Waals surface area (Å²) >= 11 is 1.35. The normalized spacial score (nSPS) is 11.3. The lowest BCUT2D eigenvalue weighted by molar-refractivity contribution is -0.384. The van der Waals surface area contributed by atoms with Gasteiger partial charge in [-0.2, -0.15) is 9.61 Å². The number of non-ortho nitro benzene ring substituents is 1. The summed E-state index contributed by atoms with van der Waals surface area (Å²) in [4.78, 5) is 10.9. The van der Waals surface area contributed by atoms with Gasteiger partial charge in [-0.05, 0) is 48.0 Å². The third kappa shape index (κ3) is 3.86. The second-order valence-electron chi connectivity index (χ2n) is 5.68. The highest BCUT2D eigenvalue weighted by Crippen LogP contribution is 2.19. The molecule has 0 N–H and O–H groups in total. The molecular weight excluding hydrogens is 385 g/mol. The zero-order valence-electron chi connectivity index (χ0n) is 14.2. The Morgan fingerprint density at radius 3 is 2.57 bits per heavy atom. The van der Waals surface area contributed by atoms with Crippen LogP contribution in [0, 0.1) is 15.9 Å². The van der Waals surface area contributed by atoms with E-state index in [1.807, 2.05) is 6.08 Å². The van der Waals surface area contributed by atoms with Gasteiger partial charge in [0, 0.05) is 12.1 Å². The zero-order valence-corrected chi connectivity index (χ0v) is 15.0. The average Bonchev–Trinajstić information content (AvgIpc) is 3.27. The predicted molar refractivity (Wildman–Crippen MR) is 101 cm³/mol. The highest BCUT2D eigenvalue weighted by atomic mass is 32.1. The van der Waals surface area contributed by atoms with E-state index >= 15 is 0 Å². The quantitative estimate of drug-likeness (QED) is 0.361. The van der Waals surface area contributed by atoms with Crippen molar-refractivity contribution in [1.82, 2.24) is 19.8 Å². The van der Waals surface area contributed by atoms with Crippen LogP contribution in [-0.4, -0.2) is 24.7 Å². The monoisotopic (exact) mass is 397 g/mol. The molecule has 140 valence electrons. The van der Waals surface area contributed by atoms with Crippen molar-refractivity contribution in [3.8, 4) is 5.75 Å². The first-order valence-corrected chi connectivity index (χ1v) is 8.92. The van der Waals surface area contributed by atoms with Crippen molar-refractivity contribution >= 4 is 34.1 Å². The van der Waals surface area contributed by atoms with E-state index in [0.29, 0.717) is 21.5 Å². The molecule has 0 fully saturated rings. The van der Waals surface area contributed by atoms with Crippen molar-refractivity contribution in [2.75, 3.05) is 0 Å². The Bertz CT molecular complexity index is 1150. The Labute approximate surface area is 161 Å². The zero-order chi connectivity index (χ0) is 19.5. The number of rotatable bonds is 6. The first-order valence-electron chi connectivity index (χ1n) is 8.10. The molecule has 0 saturated heterocycles. The van der Waals surface area contributed by atoms with Crippen molar-refractivity contribution in [3.05, 3.63) is 80.9 Å². The lowest BCUT2D eigenvalue weighted by Gasteiger charge is -2.03. The van der Waals surface area contributed by atoms with Crippen molar-refractivity contribution in [2.24, 2.45) is 0 Å². The molecule has 28 heavy (non-hydrogen) atoms. The van der Waals surface area contributed by atoms with E-state index in [-0.39, 0.29) is 18.1 Å². The highest BCUT2D eigenvalue weighted by molar-refractivity contribution is 7.17. The van der Waals surface area contributed by atoms with Crippen LogP contribution in [0.25, 0.3) is 17.1 Å². The molecule has 0 spiro atoms. The number of nitro groups is 1. The largest absolute Gasteiger partial charge is 0.486 e. The molecule has 0 aliphatic rings. The van der Waals surface area contributed by atoms with Gasteiger partial charge in [0.15, 0.2) is 5.82 Å². The van der Waals surface area contributed by atoms with Crippen molar-refractivity contribution < 1.29 is 14.1 Å². The van der Waals surface area contributed by atoms with Gasteiger partial charge in [0.1, 0.15) is 23.2 Å². The third-order valence-corrected chi connectivity index (χ3v) is 4.64. The SMILES string of the molecule is O=[N+]([O-])c1ccc(/C=C/c2nn3c(COc4ccc(F)cc4)nnc3s2)cc1. The van der Waals surface area contributed by atoms with Crippen LogP contribution in [0.3, 0.4) is 0 Å². The van der Waals surface area contributed by atoms with Gasteiger partial charge in [-0.25, -0.2) is 4.39 Å². The maximum absolute atomic E-state index is 12.9. The van der Waals surface area contributed by atoms with Crippen LogP contribution in [0.2, 0.25) is 0 Å². The predicted octanol–water partition coefficient (Wildman–Crippen LogP) is 3.98. The molecule has 4 rings (SSSR count). The Morgan fingerprint density at radius 1 is 1.11 bits per heavy atom. The van der Waals surface area contributed by atoms with Gasteiger partial charge >= 0.3 is 0 Å². The first kappa shape index (κ1) is 17.7. The molecule has 0 unspecified atom stereocenters. The molecule has 10 heteroatoms. The molecule has 8 nitrogen and oxygen atoms in total. The number of benzene rings is 2. The number of aromatic nitrogens is 4. The second kappa shape index (κ2) is 7.53. The van der Waals surface area contributed by atoms with Crippen LogP contribution >= 0.6 is 11.3 Å². The maximum Gasteiger partial charge on any atom is 0.269 e. The molecule has 4 aromatic rings. The summed E-state index contributed by atoms with van der Waals surface area (Å²) in [7, 11) is 0. The lowest BCUT2D eigenvalue weighted by Crippen LogP contribution is -2.02. The van der Waals surface area contributed by atoms with Crippen LogP contribution in [-0.2, 0) is 6.61 Å². The van der Waals surface area contributed by atoms with Gasteiger partial charge in [-0.3, -0.25) is 10.1 Å². The number of fused-ring (bicyclic) bond motifs is 1. The van der Waals surface area contributed by atoms with Gasteiger partial charge in [0.2, 0.25) is 4.96 Å². The third-order valence-electron chi connectivity index (χ3n) is 3.77. The van der Waals surface area contributed by atoms with E-state index < -0.39 is 4.92 Å². The van der Waals surface area contributed by atoms with Crippen molar-refractivity contribution in [3.63, 3.8) is 0 Å². The minimum atomic E-state index is -0.439. The second-order valence-corrected chi connectivity index (χ2v) is 6.66. The fourth-order valence-corrected chi connectivity index (χ4v) is 3.14. The topological polar surface area (TPSA) is 95.5 Å². The minimum Gasteiger partial charge on any atom is -0.486 e. The van der Waals surface area contributed by atoms with Crippen molar-refractivity contribution in [1.29, 1.82) is 0 Å². The Morgan fingerprint density at radius 2 is 1.86 bits per heavy atom. The fourth-order valence-electron chi connectivity index (χ4n) is 2.38. The Balaban J connectivity index is 1.47. The minimum absolute atomic E-state index is 0.0433. The number of ether oxygens (including phenoxy) is 1. The van der Waals surface area contributed by atoms with Crippen molar-refractivity contribution in [2.45, 2.75) is 6.61 Å². The molecule has 0 amide bonds. The smallest absolute Gasteiger partial charge is 0.269 e. The van der Waals surface area contributed by atoms with Crippen LogP contribution in [0.1, 0.15) is 16.4 Å². The lowest BCUT2D eigenvalue weighted by atomic mass is 10.2. The van der Waals surface area contributed by atoms with E-state index in [1.165, 1.54) is 47.7 Å². The Hall–Kier alpha value is -3.66. The molecule has 0 atom stereocenters. The van der Waals surface area contributed by atoms with E-state index in [9.17, 15) is 14.5 Å². The molecule has 0 aliphatic carbocycles. The first-order chi connectivity index (χ1) is 13.6. The molecular formula is C18H12FN5O3S. The highest BCUT2D eigenvalue weighted by Gasteiger charge is 2.11. The van der Waals surface area contributed by atoms with Crippen LogP contribution in [0.5, 0.6) is 5.75 Å². The molecule has 2 heterocycles. The summed E-state index contributed by atoms with van der Waals surface area (Å²) in [5, 5.41) is 23.9. The van der Waals surface area contributed by atoms with Crippen LogP contribution in [0.4, 0.5) is 10.1 Å². The number of nitrogens with zero attached hydrogens (tertiary/aromatic N) is 5. The average molecular weight is 397 g/mol. The standard InChI is InChI=1S/C18H12FN5O3S/c19-13-4-8-15(9-5-13)27-11-16-20-21-18-23(16)22-17(28-18)10-3-12-1-6-14(7-2-12)24(25)26/h1-10H,11H2/b10-3+. The summed E-state index contributed by atoms with van der Waals surface area (Å²) < 4.78 is 20.1. The van der Waals surface area contributed by atoms with E-state index in [0.717, 1.165) is 5.56 Å². The maximum atomic E-state index is 12.9. The van der Waals surface area contributed by atoms with E-state index in [2.05, 4.69) is 15.3 Å². The number of hydrogen-bond acceptors (Lipinski definition) is 7. The molecule has 0 bridgehead atoms. The number of hydrogen-bond donors (Lipinski definition) is 0. The van der Waals surface area contributed by atoms with Gasteiger partial charge in [-0.15, -0.1) is 10.2 Å². The summed E-state index contributed by atoms with van der Waals surface area (Å²) in [6.45, 7) is 0.141. The molecule has 0 saturated carbocycles. The molecule has 2 aromatic heterocycles. The summed E-state index contributed by atoms with van der Waals surface area (Å²) in [5.41, 5.74) is 0.859. The number of halogens is 1. The summed E-state index contributed by atoms with van der Waals surface area (Å²) in [5.74, 6) is 0.707. The van der Waals surface area contributed by atoms with E-state index in [4.69, 9.17) is 4.74 Å². The molecule has 0 aliphatic heterocycles. The van der Waals surface area contributed by atoms with Gasteiger partial charge in [0.05, 0.1) is 4.92 Å².